The molecule has 0 fully saturated rings. The quantitative estimate of drug-likeness (QED) is 0.392. The van der Waals surface area contributed by atoms with Gasteiger partial charge < -0.3 is 16.4 Å². The van der Waals surface area contributed by atoms with Gasteiger partial charge in [0.05, 0.1) is 11.0 Å². The van der Waals surface area contributed by atoms with Crippen molar-refractivity contribution in [1.29, 1.82) is 0 Å². The number of imidazole rings is 1. The average molecular weight is 449 g/mol. The van der Waals surface area contributed by atoms with Crippen molar-refractivity contribution >= 4 is 28.7 Å². The maximum absolute atomic E-state index is 13.7. The van der Waals surface area contributed by atoms with Crippen molar-refractivity contribution in [3.05, 3.63) is 84.4 Å². The Morgan fingerprint density at radius 1 is 0.939 bits per heavy atom. The SMILES string of the molecule is NC(=O)NC(Cc1ccccc1)C(=O)Nc1ccc(-c2nc3ccccc3n2C(F)F)cc1. The molecule has 4 N–H and O–H groups in total. The van der Waals surface area contributed by atoms with Crippen LogP contribution in [0.1, 0.15) is 12.1 Å². The predicted molar refractivity (Wildman–Crippen MR) is 122 cm³/mol. The molecular weight excluding hydrogens is 428 g/mol. The van der Waals surface area contributed by atoms with Gasteiger partial charge >= 0.3 is 12.6 Å². The standard InChI is InChI=1S/C24H21F2N5O2/c25-23(26)31-20-9-5-4-8-18(20)29-21(31)16-10-12-17(13-11-16)28-22(32)19(30-24(27)33)14-15-6-2-1-3-7-15/h1-13,19,23H,14H2,(H,28,32)(H3,27,30,33). The van der Waals surface area contributed by atoms with Crippen molar-refractivity contribution in [2.75, 3.05) is 5.32 Å². The summed E-state index contributed by atoms with van der Waals surface area (Å²) in [5.74, 6) is -0.327. The van der Waals surface area contributed by atoms with Gasteiger partial charge in [0, 0.05) is 17.7 Å². The van der Waals surface area contributed by atoms with E-state index in [4.69, 9.17) is 5.73 Å². The Kier molecular flexibility index (Phi) is 6.30. The fourth-order valence-electron chi connectivity index (χ4n) is 3.61. The number of hydrogen-bond acceptors (Lipinski definition) is 3. The fraction of sp³-hybridized carbons (Fsp3) is 0.125. The van der Waals surface area contributed by atoms with E-state index >= 15 is 0 Å². The third kappa shape index (κ3) is 4.98. The molecule has 0 aliphatic rings. The number of nitrogens with two attached hydrogens (primary N) is 1. The summed E-state index contributed by atoms with van der Waals surface area (Å²) in [7, 11) is 0. The van der Waals surface area contributed by atoms with Crippen molar-refractivity contribution in [2.24, 2.45) is 5.73 Å². The minimum Gasteiger partial charge on any atom is -0.352 e. The third-order valence-electron chi connectivity index (χ3n) is 5.12. The molecule has 33 heavy (non-hydrogen) atoms. The van der Waals surface area contributed by atoms with E-state index in [1.165, 1.54) is 0 Å². The molecule has 0 radical (unpaired) electrons. The van der Waals surface area contributed by atoms with E-state index in [0.717, 1.165) is 10.1 Å². The summed E-state index contributed by atoms with van der Waals surface area (Å²) in [5.41, 5.74) is 7.80. The van der Waals surface area contributed by atoms with Crippen molar-refractivity contribution in [3.63, 3.8) is 0 Å². The van der Waals surface area contributed by atoms with E-state index in [9.17, 15) is 18.4 Å². The van der Waals surface area contributed by atoms with Crippen LogP contribution in [0.2, 0.25) is 0 Å². The number of alkyl halides is 2. The molecule has 0 saturated carbocycles. The van der Waals surface area contributed by atoms with Gasteiger partial charge in [-0.1, -0.05) is 42.5 Å². The van der Waals surface area contributed by atoms with Gasteiger partial charge in [-0.2, -0.15) is 8.78 Å². The number of nitrogens with one attached hydrogen (secondary N) is 2. The number of rotatable bonds is 7. The first-order valence-electron chi connectivity index (χ1n) is 10.2. The number of urea groups is 1. The number of hydrogen-bond donors (Lipinski definition) is 3. The Bertz CT molecular complexity index is 1270. The molecule has 1 unspecified atom stereocenters. The molecule has 4 rings (SSSR count). The average Bonchev–Trinajstić information content (AvgIpc) is 3.19. The first kappa shape index (κ1) is 21.9. The third-order valence-corrected chi connectivity index (χ3v) is 5.12. The number of primary amides is 1. The number of para-hydroxylation sites is 2. The number of amides is 3. The summed E-state index contributed by atoms with van der Waals surface area (Å²) < 4.78 is 28.3. The smallest absolute Gasteiger partial charge is 0.320 e. The lowest BCUT2D eigenvalue weighted by atomic mass is 10.1. The van der Waals surface area contributed by atoms with Crippen LogP contribution < -0.4 is 16.4 Å². The van der Waals surface area contributed by atoms with Crippen molar-refractivity contribution < 1.29 is 18.4 Å². The Balaban J connectivity index is 1.54. The van der Waals surface area contributed by atoms with Gasteiger partial charge in [-0.15, -0.1) is 0 Å². The Labute approximate surface area is 188 Å². The lowest BCUT2D eigenvalue weighted by Crippen LogP contribution is -2.47. The maximum Gasteiger partial charge on any atom is 0.320 e. The highest BCUT2D eigenvalue weighted by Gasteiger charge is 2.21. The molecule has 3 amide bonds. The van der Waals surface area contributed by atoms with Crippen LogP contribution in [0.3, 0.4) is 0 Å². The topological polar surface area (TPSA) is 102 Å². The largest absolute Gasteiger partial charge is 0.352 e. The molecule has 0 aliphatic heterocycles. The Morgan fingerprint density at radius 2 is 1.61 bits per heavy atom. The number of benzene rings is 3. The molecule has 1 aromatic heterocycles. The zero-order valence-electron chi connectivity index (χ0n) is 17.4. The molecule has 0 bridgehead atoms. The van der Waals surface area contributed by atoms with Crippen LogP contribution in [-0.2, 0) is 11.2 Å². The van der Waals surface area contributed by atoms with Crippen molar-refractivity contribution in [2.45, 2.75) is 19.0 Å². The summed E-state index contributed by atoms with van der Waals surface area (Å²) in [4.78, 5) is 28.5. The highest BCUT2D eigenvalue weighted by molar-refractivity contribution is 5.97. The maximum atomic E-state index is 13.7. The van der Waals surface area contributed by atoms with E-state index in [-0.39, 0.29) is 12.2 Å². The van der Waals surface area contributed by atoms with Crippen LogP contribution in [0.4, 0.5) is 19.3 Å². The lowest BCUT2D eigenvalue weighted by Gasteiger charge is -2.17. The number of aromatic nitrogens is 2. The van der Waals surface area contributed by atoms with E-state index in [1.54, 1.807) is 48.5 Å². The van der Waals surface area contributed by atoms with E-state index in [1.807, 2.05) is 30.3 Å². The molecule has 3 aromatic carbocycles. The summed E-state index contributed by atoms with van der Waals surface area (Å²) in [6, 6.07) is 20.6. The molecule has 4 aromatic rings. The minimum absolute atomic E-state index is 0.126. The van der Waals surface area contributed by atoms with Crippen LogP contribution >= 0.6 is 0 Å². The monoisotopic (exact) mass is 449 g/mol. The Hall–Kier alpha value is -4.27. The Morgan fingerprint density at radius 3 is 2.27 bits per heavy atom. The van der Waals surface area contributed by atoms with Crippen molar-refractivity contribution in [1.82, 2.24) is 14.9 Å². The molecule has 9 heteroatoms. The predicted octanol–water partition coefficient (Wildman–Crippen LogP) is 4.32. The van der Waals surface area contributed by atoms with E-state index in [0.29, 0.717) is 22.3 Å². The van der Waals surface area contributed by atoms with Gasteiger partial charge in [-0.05, 0) is 42.0 Å². The van der Waals surface area contributed by atoms with Gasteiger partial charge in [-0.3, -0.25) is 9.36 Å². The van der Waals surface area contributed by atoms with Gasteiger partial charge in [0.15, 0.2) is 0 Å². The second-order valence-electron chi connectivity index (χ2n) is 7.39. The zero-order valence-corrected chi connectivity index (χ0v) is 17.4. The molecule has 0 spiro atoms. The van der Waals surface area contributed by atoms with Crippen LogP contribution in [0.25, 0.3) is 22.4 Å². The first-order valence-corrected chi connectivity index (χ1v) is 10.2. The molecule has 0 aliphatic carbocycles. The van der Waals surface area contributed by atoms with Gasteiger partial charge in [0.2, 0.25) is 5.91 Å². The van der Waals surface area contributed by atoms with Gasteiger partial charge in [0.25, 0.3) is 0 Å². The molecule has 0 saturated heterocycles. The van der Waals surface area contributed by atoms with Crippen LogP contribution in [0.15, 0.2) is 78.9 Å². The number of carbonyl (C=O) groups excluding carboxylic acids is 2. The molecule has 1 atom stereocenters. The minimum atomic E-state index is -2.76. The van der Waals surface area contributed by atoms with E-state index in [2.05, 4.69) is 15.6 Å². The second-order valence-corrected chi connectivity index (χ2v) is 7.39. The summed E-state index contributed by atoms with van der Waals surface area (Å²) >= 11 is 0. The van der Waals surface area contributed by atoms with Gasteiger partial charge in [-0.25, -0.2) is 9.78 Å². The number of anilines is 1. The summed E-state index contributed by atoms with van der Waals surface area (Å²) in [6.07, 6.45) is 0.256. The normalized spacial score (nSPS) is 12.0. The highest BCUT2D eigenvalue weighted by Crippen LogP contribution is 2.30. The van der Waals surface area contributed by atoms with Crippen molar-refractivity contribution in [3.8, 4) is 11.4 Å². The second kappa shape index (κ2) is 9.47. The van der Waals surface area contributed by atoms with E-state index < -0.39 is 24.5 Å². The zero-order chi connectivity index (χ0) is 23.4. The number of nitrogens with zero attached hydrogens (tertiary/aromatic N) is 2. The van der Waals surface area contributed by atoms with Gasteiger partial charge in [0.1, 0.15) is 11.9 Å². The number of halogens is 2. The highest BCUT2D eigenvalue weighted by atomic mass is 19.3. The molecule has 1 heterocycles. The van der Waals surface area contributed by atoms with Crippen LogP contribution in [-0.4, -0.2) is 27.5 Å². The fourth-order valence-corrected chi connectivity index (χ4v) is 3.61. The summed E-state index contributed by atoms with van der Waals surface area (Å²) in [5, 5.41) is 5.18. The van der Waals surface area contributed by atoms with Crippen LogP contribution in [0.5, 0.6) is 0 Å². The lowest BCUT2D eigenvalue weighted by molar-refractivity contribution is -0.117. The molecular formula is C24H21F2N5O2. The number of carbonyl (C=O) groups is 2. The molecule has 168 valence electrons. The van der Waals surface area contributed by atoms with Crippen LogP contribution in [0, 0.1) is 0 Å². The molecule has 7 nitrogen and oxygen atoms in total. The number of fused-ring (bicyclic) bond motifs is 1. The summed E-state index contributed by atoms with van der Waals surface area (Å²) in [6.45, 7) is -2.76. The first-order chi connectivity index (χ1) is 15.9.